The third-order valence-corrected chi connectivity index (χ3v) is 5.17. The van der Waals surface area contributed by atoms with Gasteiger partial charge in [0.05, 0.1) is 11.4 Å². The molecule has 0 unspecified atom stereocenters. The van der Waals surface area contributed by atoms with E-state index in [0.717, 1.165) is 27.8 Å². The lowest BCUT2D eigenvalue weighted by Crippen LogP contribution is -2.15. The topological polar surface area (TPSA) is 91.8 Å². The maximum absolute atomic E-state index is 12.7. The van der Waals surface area contributed by atoms with Crippen LogP contribution in [0.3, 0.4) is 0 Å². The van der Waals surface area contributed by atoms with Crippen molar-refractivity contribution in [1.29, 1.82) is 0 Å². The number of carbonyl (C=O) groups excluding carboxylic acids is 1. The van der Waals surface area contributed by atoms with E-state index in [9.17, 15) is 9.59 Å². The predicted octanol–water partition coefficient (Wildman–Crippen LogP) is 4.41. The van der Waals surface area contributed by atoms with Gasteiger partial charge in [-0.2, -0.15) is 0 Å². The zero-order valence-electron chi connectivity index (χ0n) is 16.7. The monoisotopic (exact) mass is 409 g/mol. The first kappa shape index (κ1) is 18.6. The Kier molecular flexibility index (Phi) is 4.48. The van der Waals surface area contributed by atoms with E-state index in [2.05, 4.69) is 20.6 Å². The summed E-state index contributed by atoms with van der Waals surface area (Å²) >= 11 is 0. The van der Waals surface area contributed by atoms with Crippen molar-refractivity contribution in [2.45, 2.75) is 0 Å². The first-order valence-corrected chi connectivity index (χ1v) is 9.80. The number of aromatic amines is 1. The Labute approximate surface area is 177 Å². The smallest absolute Gasteiger partial charge is 0.272 e. The summed E-state index contributed by atoms with van der Waals surface area (Å²) in [5.41, 5.74) is 3.13. The van der Waals surface area contributed by atoms with E-state index in [0.29, 0.717) is 16.7 Å². The number of rotatable bonds is 4. The van der Waals surface area contributed by atoms with Gasteiger partial charge in [0.2, 0.25) is 0 Å². The summed E-state index contributed by atoms with van der Waals surface area (Å²) in [5.74, 6) is -0.198. The molecule has 0 spiro atoms. The van der Waals surface area contributed by atoms with Crippen molar-refractivity contribution in [3.8, 4) is 0 Å². The van der Waals surface area contributed by atoms with Gasteiger partial charge in [0.15, 0.2) is 0 Å². The highest BCUT2D eigenvalue weighted by Gasteiger charge is 2.14. The van der Waals surface area contributed by atoms with E-state index in [-0.39, 0.29) is 11.5 Å². The van der Waals surface area contributed by atoms with Crippen molar-refractivity contribution < 1.29 is 4.79 Å². The molecule has 0 bridgehead atoms. The fraction of sp³-hybridized carbons (Fsp3) is 0.0417. The molecule has 7 nitrogen and oxygen atoms in total. The molecule has 0 aliphatic heterocycles. The number of pyridine rings is 2. The van der Waals surface area contributed by atoms with Crippen LogP contribution < -0.4 is 16.2 Å². The summed E-state index contributed by atoms with van der Waals surface area (Å²) in [4.78, 5) is 32.3. The number of H-pyrrole nitrogens is 1. The molecule has 0 saturated heterocycles. The van der Waals surface area contributed by atoms with Gasteiger partial charge in [0.25, 0.3) is 11.5 Å². The zero-order valence-corrected chi connectivity index (χ0v) is 16.7. The molecule has 7 heteroatoms. The standard InChI is InChI=1S/C24H19N5O2/c1-29-14-16(13-20(29)24(31)27-15-7-3-2-4-8-15)26-19-11-12-25-22-21(19)17-9-5-6-10-18(17)23(30)28-22/h2-14H,1H3,(H,27,31)(H2,25,26,28,30). The van der Waals surface area contributed by atoms with E-state index < -0.39 is 0 Å². The van der Waals surface area contributed by atoms with Gasteiger partial charge in [0, 0.05) is 41.3 Å². The van der Waals surface area contributed by atoms with Crippen LogP contribution in [0.15, 0.2) is 83.9 Å². The average molecular weight is 409 g/mol. The van der Waals surface area contributed by atoms with Gasteiger partial charge in [-0.25, -0.2) is 4.98 Å². The summed E-state index contributed by atoms with van der Waals surface area (Å²) in [7, 11) is 1.82. The Morgan fingerprint density at radius 2 is 1.71 bits per heavy atom. The lowest BCUT2D eigenvalue weighted by molar-refractivity contribution is 0.101. The van der Waals surface area contributed by atoms with E-state index in [1.54, 1.807) is 22.9 Å². The maximum atomic E-state index is 12.7. The van der Waals surface area contributed by atoms with Gasteiger partial charge >= 0.3 is 0 Å². The molecule has 5 aromatic rings. The van der Waals surface area contributed by atoms with Crippen molar-refractivity contribution >= 4 is 44.8 Å². The fourth-order valence-electron chi connectivity index (χ4n) is 3.74. The number of benzene rings is 2. The molecule has 0 atom stereocenters. The van der Waals surface area contributed by atoms with Gasteiger partial charge in [-0.1, -0.05) is 36.4 Å². The molecule has 0 saturated carbocycles. The highest BCUT2D eigenvalue weighted by atomic mass is 16.2. The van der Waals surface area contributed by atoms with Crippen molar-refractivity contribution in [2.24, 2.45) is 7.05 Å². The molecule has 0 aliphatic rings. The number of amides is 1. The van der Waals surface area contributed by atoms with Crippen LogP contribution >= 0.6 is 0 Å². The van der Waals surface area contributed by atoms with Crippen molar-refractivity contribution in [3.05, 3.63) is 95.2 Å². The minimum atomic E-state index is -0.198. The van der Waals surface area contributed by atoms with Crippen LogP contribution in [0.25, 0.3) is 21.8 Å². The van der Waals surface area contributed by atoms with E-state index in [4.69, 9.17) is 0 Å². The van der Waals surface area contributed by atoms with Crippen molar-refractivity contribution in [2.75, 3.05) is 10.6 Å². The molecule has 3 N–H and O–H groups in total. The molecule has 0 radical (unpaired) electrons. The van der Waals surface area contributed by atoms with Gasteiger partial charge in [-0.3, -0.25) is 9.59 Å². The van der Waals surface area contributed by atoms with Crippen LogP contribution in [0.2, 0.25) is 0 Å². The molecular weight excluding hydrogens is 390 g/mol. The third-order valence-electron chi connectivity index (χ3n) is 5.17. The lowest BCUT2D eigenvalue weighted by atomic mass is 10.1. The van der Waals surface area contributed by atoms with Gasteiger partial charge < -0.3 is 20.2 Å². The molecule has 3 aromatic heterocycles. The fourth-order valence-corrected chi connectivity index (χ4v) is 3.74. The Morgan fingerprint density at radius 1 is 0.968 bits per heavy atom. The predicted molar refractivity (Wildman–Crippen MR) is 123 cm³/mol. The third kappa shape index (κ3) is 3.42. The Hall–Kier alpha value is -4.39. The summed E-state index contributed by atoms with van der Waals surface area (Å²) < 4.78 is 1.77. The molecule has 2 aromatic carbocycles. The lowest BCUT2D eigenvalue weighted by Gasteiger charge is -2.10. The van der Waals surface area contributed by atoms with E-state index >= 15 is 0 Å². The maximum Gasteiger partial charge on any atom is 0.272 e. The van der Waals surface area contributed by atoms with E-state index in [1.165, 1.54) is 0 Å². The largest absolute Gasteiger partial charge is 0.354 e. The van der Waals surface area contributed by atoms with Crippen LogP contribution in [0.1, 0.15) is 10.5 Å². The van der Waals surface area contributed by atoms with Crippen molar-refractivity contribution in [3.63, 3.8) is 0 Å². The molecule has 0 fully saturated rings. The minimum absolute atomic E-state index is 0.174. The highest BCUT2D eigenvalue weighted by Crippen LogP contribution is 2.30. The van der Waals surface area contributed by atoms with Crippen LogP contribution in [0.4, 0.5) is 17.1 Å². The van der Waals surface area contributed by atoms with Crippen molar-refractivity contribution in [1.82, 2.24) is 14.5 Å². The van der Waals surface area contributed by atoms with Gasteiger partial charge in [-0.05, 0) is 30.3 Å². The highest BCUT2D eigenvalue weighted by molar-refractivity contribution is 6.11. The second kappa shape index (κ2) is 7.46. The number of aryl methyl sites for hydroxylation is 1. The summed E-state index contributed by atoms with van der Waals surface area (Å²) in [6.45, 7) is 0. The number of hydrogen-bond acceptors (Lipinski definition) is 4. The molecule has 152 valence electrons. The number of fused-ring (bicyclic) bond motifs is 3. The van der Waals surface area contributed by atoms with Gasteiger partial charge in [0.1, 0.15) is 11.3 Å². The number of nitrogens with zero attached hydrogens (tertiary/aromatic N) is 2. The molecule has 3 heterocycles. The number of nitrogens with one attached hydrogen (secondary N) is 3. The molecular formula is C24H19N5O2. The number of anilines is 3. The molecule has 5 rings (SSSR count). The summed E-state index contributed by atoms with van der Waals surface area (Å²) in [6.07, 6.45) is 3.49. The zero-order chi connectivity index (χ0) is 21.4. The first-order valence-electron chi connectivity index (χ1n) is 9.80. The average Bonchev–Trinajstić information content (AvgIpc) is 3.15. The molecule has 1 amide bonds. The Morgan fingerprint density at radius 3 is 2.52 bits per heavy atom. The van der Waals surface area contributed by atoms with E-state index in [1.807, 2.05) is 67.8 Å². The van der Waals surface area contributed by atoms with Crippen LogP contribution in [-0.2, 0) is 7.05 Å². The molecule has 31 heavy (non-hydrogen) atoms. The number of para-hydroxylation sites is 1. The second-order valence-electron chi connectivity index (χ2n) is 7.25. The summed E-state index contributed by atoms with van der Waals surface area (Å²) in [6, 6.07) is 20.4. The number of hydrogen-bond donors (Lipinski definition) is 3. The quantitative estimate of drug-likeness (QED) is 0.384. The SMILES string of the molecule is Cn1cc(Nc2ccnc3[nH]c(=O)c4ccccc4c23)cc1C(=O)Nc1ccccc1. The van der Waals surface area contributed by atoms with Crippen LogP contribution in [0.5, 0.6) is 0 Å². The first-order chi connectivity index (χ1) is 15.1. The normalized spacial score (nSPS) is 11.0. The number of carbonyl (C=O) groups is 1. The minimum Gasteiger partial charge on any atom is -0.354 e. The van der Waals surface area contributed by atoms with Crippen LogP contribution in [0, 0.1) is 0 Å². The second-order valence-corrected chi connectivity index (χ2v) is 7.25. The summed E-state index contributed by atoms with van der Waals surface area (Å²) in [5, 5.41) is 8.50. The van der Waals surface area contributed by atoms with Gasteiger partial charge in [-0.15, -0.1) is 0 Å². The Balaban J connectivity index is 1.52. The number of aromatic nitrogens is 3. The Bertz CT molecular complexity index is 1480. The van der Waals surface area contributed by atoms with Crippen LogP contribution in [-0.4, -0.2) is 20.4 Å². The molecule has 0 aliphatic carbocycles.